The SMILES string of the molecule is CC(C)N1CN(c2ccccc2)c2nc3c(cc21)oc1ccccc13. The number of hydrogen-bond acceptors (Lipinski definition) is 4. The molecule has 0 amide bonds. The van der Waals surface area contributed by atoms with E-state index in [1.807, 2.05) is 24.3 Å². The zero-order valence-corrected chi connectivity index (χ0v) is 14.3. The predicted molar refractivity (Wildman–Crippen MR) is 103 cm³/mol. The van der Waals surface area contributed by atoms with E-state index >= 15 is 0 Å². The molecule has 0 aliphatic carbocycles. The Morgan fingerprint density at radius 1 is 0.960 bits per heavy atom. The molecule has 0 saturated heterocycles. The molecule has 0 atom stereocenters. The molecule has 0 unspecified atom stereocenters. The maximum Gasteiger partial charge on any atom is 0.159 e. The summed E-state index contributed by atoms with van der Waals surface area (Å²) in [4.78, 5) is 9.66. The molecule has 4 aromatic rings. The van der Waals surface area contributed by atoms with Crippen molar-refractivity contribution in [2.45, 2.75) is 19.9 Å². The first-order chi connectivity index (χ1) is 12.2. The highest BCUT2D eigenvalue weighted by atomic mass is 16.3. The van der Waals surface area contributed by atoms with E-state index in [0.29, 0.717) is 6.04 Å². The predicted octanol–water partition coefficient (Wildman–Crippen LogP) is 5.31. The molecule has 1 aliphatic heterocycles. The summed E-state index contributed by atoms with van der Waals surface area (Å²) in [6.07, 6.45) is 0. The van der Waals surface area contributed by atoms with Gasteiger partial charge in [0, 0.05) is 23.2 Å². The van der Waals surface area contributed by atoms with Crippen LogP contribution in [-0.4, -0.2) is 17.7 Å². The second kappa shape index (κ2) is 5.24. The van der Waals surface area contributed by atoms with Crippen LogP contribution in [0.1, 0.15) is 13.8 Å². The number of nitrogens with zero attached hydrogens (tertiary/aromatic N) is 3. The Morgan fingerprint density at radius 3 is 2.52 bits per heavy atom. The molecule has 0 spiro atoms. The topological polar surface area (TPSA) is 32.5 Å². The van der Waals surface area contributed by atoms with Crippen molar-refractivity contribution in [2.24, 2.45) is 0 Å². The molecule has 2 aromatic carbocycles. The van der Waals surface area contributed by atoms with Crippen LogP contribution in [0, 0.1) is 0 Å². The summed E-state index contributed by atoms with van der Waals surface area (Å²) in [7, 11) is 0. The monoisotopic (exact) mass is 329 g/mol. The highest BCUT2D eigenvalue weighted by Gasteiger charge is 2.31. The van der Waals surface area contributed by atoms with Gasteiger partial charge >= 0.3 is 0 Å². The number of rotatable bonds is 2. The third-order valence-electron chi connectivity index (χ3n) is 4.86. The van der Waals surface area contributed by atoms with Crippen LogP contribution in [0.3, 0.4) is 0 Å². The van der Waals surface area contributed by atoms with Crippen LogP contribution in [-0.2, 0) is 0 Å². The average molecular weight is 329 g/mol. The van der Waals surface area contributed by atoms with Gasteiger partial charge in [0.05, 0.1) is 12.4 Å². The Hall–Kier alpha value is -3.01. The van der Waals surface area contributed by atoms with E-state index in [-0.39, 0.29) is 0 Å². The van der Waals surface area contributed by atoms with Gasteiger partial charge in [-0.15, -0.1) is 0 Å². The van der Waals surface area contributed by atoms with E-state index in [4.69, 9.17) is 9.40 Å². The van der Waals surface area contributed by atoms with Crippen molar-refractivity contribution >= 4 is 39.3 Å². The van der Waals surface area contributed by atoms with Crippen molar-refractivity contribution in [2.75, 3.05) is 16.5 Å². The summed E-state index contributed by atoms with van der Waals surface area (Å²) in [5, 5.41) is 1.07. The van der Waals surface area contributed by atoms with Gasteiger partial charge in [0.15, 0.2) is 11.4 Å². The van der Waals surface area contributed by atoms with Crippen molar-refractivity contribution in [1.29, 1.82) is 0 Å². The number of anilines is 3. The van der Waals surface area contributed by atoms with Crippen molar-refractivity contribution in [3.63, 3.8) is 0 Å². The van der Waals surface area contributed by atoms with E-state index < -0.39 is 0 Å². The number of benzene rings is 2. The van der Waals surface area contributed by atoms with E-state index in [9.17, 15) is 0 Å². The van der Waals surface area contributed by atoms with Crippen LogP contribution < -0.4 is 9.80 Å². The molecule has 4 nitrogen and oxygen atoms in total. The Morgan fingerprint density at radius 2 is 1.72 bits per heavy atom. The molecule has 5 rings (SSSR count). The van der Waals surface area contributed by atoms with Gasteiger partial charge < -0.3 is 14.2 Å². The second-order valence-corrected chi connectivity index (χ2v) is 6.74. The summed E-state index contributed by atoms with van der Waals surface area (Å²) >= 11 is 0. The standard InChI is InChI=1S/C21H19N3O/c1-14(2)23-13-24(15-8-4-3-5-9-15)21-17(23)12-19-20(22-21)16-10-6-7-11-18(16)25-19/h3-12,14H,13H2,1-2H3. The summed E-state index contributed by atoms with van der Waals surface area (Å²) in [6, 6.07) is 21.1. The Labute approximate surface area is 146 Å². The van der Waals surface area contributed by atoms with Crippen LogP contribution in [0.25, 0.3) is 22.1 Å². The third-order valence-corrected chi connectivity index (χ3v) is 4.86. The summed E-state index contributed by atoms with van der Waals surface area (Å²) in [5.41, 5.74) is 4.95. The molecule has 0 fully saturated rings. The van der Waals surface area contributed by atoms with Crippen molar-refractivity contribution < 1.29 is 4.42 Å². The van der Waals surface area contributed by atoms with E-state index in [0.717, 1.165) is 45.9 Å². The molecule has 0 bridgehead atoms. The van der Waals surface area contributed by atoms with Gasteiger partial charge in [-0.05, 0) is 38.1 Å². The minimum Gasteiger partial charge on any atom is -0.454 e. The fraction of sp³-hybridized carbons (Fsp3) is 0.190. The van der Waals surface area contributed by atoms with E-state index in [2.05, 4.69) is 60.0 Å². The number of aromatic nitrogens is 1. The Bertz CT molecular complexity index is 1070. The minimum atomic E-state index is 0.385. The van der Waals surface area contributed by atoms with Crippen LogP contribution in [0.5, 0.6) is 0 Å². The first kappa shape index (κ1) is 14.3. The first-order valence-corrected chi connectivity index (χ1v) is 8.64. The normalized spacial score (nSPS) is 14.0. The zero-order chi connectivity index (χ0) is 17.0. The van der Waals surface area contributed by atoms with Gasteiger partial charge in [-0.2, -0.15) is 0 Å². The summed E-state index contributed by atoms with van der Waals surface area (Å²) < 4.78 is 6.04. The highest BCUT2D eigenvalue weighted by molar-refractivity contribution is 6.05. The lowest BCUT2D eigenvalue weighted by Crippen LogP contribution is -2.33. The molecule has 0 saturated carbocycles. The van der Waals surface area contributed by atoms with Crippen LogP contribution in [0.15, 0.2) is 65.1 Å². The molecule has 1 aliphatic rings. The zero-order valence-electron chi connectivity index (χ0n) is 14.3. The molecule has 3 heterocycles. The molecule has 0 radical (unpaired) electrons. The fourth-order valence-corrected chi connectivity index (χ4v) is 3.57. The molecule has 2 aromatic heterocycles. The smallest absolute Gasteiger partial charge is 0.159 e. The van der Waals surface area contributed by atoms with Crippen LogP contribution >= 0.6 is 0 Å². The molecule has 25 heavy (non-hydrogen) atoms. The lowest BCUT2D eigenvalue weighted by molar-refractivity contribution is 0.667. The maximum atomic E-state index is 6.04. The van der Waals surface area contributed by atoms with Crippen molar-refractivity contribution in [1.82, 2.24) is 4.98 Å². The molecular formula is C21H19N3O. The number of furan rings is 1. The van der Waals surface area contributed by atoms with E-state index in [1.165, 1.54) is 0 Å². The third kappa shape index (κ3) is 2.10. The average Bonchev–Trinajstić information content (AvgIpc) is 3.18. The minimum absolute atomic E-state index is 0.385. The number of fused-ring (bicyclic) bond motifs is 4. The first-order valence-electron chi connectivity index (χ1n) is 8.64. The molecule has 0 N–H and O–H groups in total. The summed E-state index contributed by atoms with van der Waals surface area (Å²) in [5.74, 6) is 0.999. The lowest BCUT2D eigenvalue weighted by Gasteiger charge is -2.24. The van der Waals surface area contributed by atoms with Gasteiger partial charge in [0.2, 0.25) is 0 Å². The molecular weight excluding hydrogens is 310 g/mol. The molecule has 124 valence electrons. The van der Waals surface area contributed by atoms with Crippen molar-refractivity contribution in [3.05, 3.63) is 60.7 Å². The second-order valence-electron chi connectivity index (χ2n) is 6.74. The van der Waals surface area contributed by atoms with Gasteiger partial charge in [0.1, 0.15) is 11.1 Å². The van der Waals surface area contributed by atoms with Gasteiger partial charge in [0.25, 0.3) is 0 Å². The Kier molecular flexibility index (Phi) is 3.01. The Balaban J connectivity index is 1.78. The quantitative estimate of drug-likeness (QED) is 0.499. The van der Waals surface area contributed by atoms with Crippen molar-refractivity contribution in [3.8, 4) is 0 Å². The van der Waals surface area contributed by atoms with Crippen LogP contribution in [0.4, 0.5) is 17.2 Å². The lowest BCUT2D eigenvalue weighted by atomic mass is 10.2. The van der Waals surface area contributed by atoms with Gasteiger partial charge in [-0.3, -0.25) is 0 Å². The van der Waals surface area contributed by atoms with Gasteiger partial charge in [-0.1, -0.05) is 30.3 Å². The number of pyridine rings is 1. The van der Waals surface area contributed by atoms with Crippen LogP contribution in [0.2, 0.25) is 0 Å². The largest absolute Gasteiger partial charge is 0.454 e. The van der Waals surface area contributed by atoms with Gasteiger partial charge in [-0.25, -0.2) is 4.98 Å². The summed E-state index contributed by atoms with van der Waals surface area (Å²) in [6.45, 7) is 5.22. The maximum absolute atomic E-state index is 6.04. The van der Waals surface area contributed by atoms with E-state index in [1.54, 1.807) is 0 Å². The highest BCUT2D eigenvalue weighted by Crippen LogP contribution is 2.43. The molecule has 4 heteroatoms. The fourth-order valence-electron chi connectivity index (χ4n) is 3.57. The number of hydrogen-bond donors (Lipinski definition) is 0. The number of para-hydroxylation sites is 2.